The lowest BCUT2D eigenvalue weighted by Gasteiger charge is -2.10. The Morgan fingerprint density at radius 1 is 0.917 bits per heavy atom. The molecule has 2 rings (SSSR count). The van der Waals surface area contributed by atoms with Crippen molar-refractivity contribution in [3.8, 4) is 5.75 Å². The molecule has 0 radical (unpaired) electrons. The van der Waals surface area contributed by atoms with Crippen molar-refractivity contribution in [3.63, 3.8) is 0 Å². The van der Waals surface area contributed by atoms with Crippen LogP contribution in [-0.2, 0) is 16.1 Å². The second kappa shape index (κ2) is 8.40. The van der Waals surface area contributed by atoms with Gasteiger partial charge >= 0.3 is 11.9 Å². The summed E-state index contributed by atoms with van der Waals surface area (Å²) in [5.74, 6) is -0.697. The Kier molecular flexibility index (Phi) is 6.26. The molecule has 0 bridgehead atoms. The lowest BCUT2D eigenvalue weighted by molar-refractivity contribution is 0.0598. The molecule has 0 aliphatic carbocycles. The first kappa shape index (κ1) is 17.9. The summed E-state index contributed by atoms with van der Waals surface area (Å²) in [5, 5.41) is 0. The van der Waals surface area contributed by atoms with E-state index in [4.69, 9.17) is 14.2 Å². The lowest BCUT2D eigenvalue weighted by atomic mass is 10.1. The van der Waals surface area contributed by atoms with Crippen molar-refractivity contribution < 1.29 is 23.8 Å². The van der Waals surface area contributed by atoms with Gasteiger partial charge in [0.05, 0.1) is 25.3 Å². The third kappa shape index (κ3) is 4.52. The molecule has 0 saturated heterocycles. The molecular formula is C18H18O5S. The molecule has 24 heavy (non-hydrogen) atoms. The van der Waals surface area contributed by atoms with Crippen LogP contribution < -0.4 is 4.74 Å². The standard InChI is InChI=1S/C18H18O5S/c1-21-17(19)13-8-14(18(20)22-2)10-15(9-13)23-11-12-4-6-16(24-3)7-5-12/h4-10H,11H2,1-3H3. The molecule has 0 fully saturated rings. The maximum atomic E-state index is 11.7. The second-order valence-corrected chi connectivity index (χ2v) is 5.75. The Morgan fingerprint density at radius 3 is 1.92 bits per heavy atom. The molecule has 0 aliphatic heterocycles. The number of hydrogen-bond donors (Lipinski definition) is 0. The molecule has 5 nitrogen and oxygen atoms in total. The number of hydrogen-bond acceptors (Lipinski definition) is 6. The largest absolute Gasteiger partial charge is 0.489 e. The van der Waals surface area contributed by atoms with E-state index < -0.39 is 11.9 Å². The van der Waals surface area contributed by atoms with Crippen molar-refractivity contribution in [2.75, 3.05) is 20.5 Å². The van der Waals surface area contributed by atoms with Crippen molar-refractivity contribution in [1.29, 1.82) is 0 Å². The minimum Gasteiger partial charge on any atom is -0.489 e. The fourth-order valence-corrected chi connectivity index (χ4v) is 2.45. The van der Waals surface area contributed by atoms with Crippen molar-refractivity contribution in [1.82, 2.24) is 0 Å². The van der Waals surface area contributed by atoms with Crippen LogP contribution >= 0.6 is 11.8 Å². The summed E-state index contributed by atoms with van der Waals surface area (Å²) in [6, 6.07) is 12.4. The van der Waals surface area contributed by atoms with E-state index in [2.05, 4.69) is 0 Å². The first-order chi connectivity index (χ1) is 11.6. The Balaban J connectivity index is 2.20. The maximum Gasteiger partial charge on any atom is 0.338 e. The Bertz CT molecular complexity index is 690. The van der Waals surface area contributed by atoms with Gasteiger partial charge in [-0.05, 0) is 42.2 Å². The smallest absolute Gasteiger partial charge is 0.338 e. The van der Waals surface area contributed by atoms with E-state index in [1.807, 2.05) is 30.5 Å². The van der Waals surface area contributed by atoms with Crippen LogP contribution in [0.5, 0.6) is 5.75 Å². The lowest BCUT2D eigenvalue weighted by Crippen LogP contribution is -2.07. The predicted octanol–water partition coefficient (Wildman–Crippen LogP) is 3.56. The molecule has 2 aromatic rings. The van der Waals surface area contributed by atoms with Gasteiger partial charge in [0.25, 0.3) is 0 Å². The molecule has 6 heteroatoms. The van der Waals surface area contributed by atoms with Gasteiger partial charge in [0, 0.05) is 4.90 Å². The molecule has 0 N–H and O–H groups in total. The predicted molar refractivity (Wildman–Crippen MR) is 91.7 cm³/mol. The van der Waals surface area contributed by atoms with Gasteiger partial charge in [0.15, 0.2) is 0 Å². The summed E-state index contributed by atoms with van der Waals surface area (Å²) in [5.41, 5.74) is 1.44. The summed E-state index contributed by atoms with van der Waals surface area (Å²) in [7, 11) is 2.56. The molecule has 0 unspecified atom stereocenters. The van der Waals surface area contributed by atoms with Crippen LogP contribution in [0.1, 0.15) is 26.3 Å². The third-order valence-corrected chi connectivity index (χ3v) is 4.06. The van der Waals surface area contributed by atoms with E-state index in [-0.39, 0.29) is 11.1 Å². The molecular weight excluding hydrogens is 328 g/mol. The van der Waals surface area contributed by atoms with Crippen molar-refractivity contribution >= 4 is 23.7 Å². The minimum absolute atomic E-state index is 0.230. The van der Waals surface area contributed by atoms with Gasteiger partial charge in [-0.2, -0.15) is 0 Å². The van der Waals surface area contributed by atoms with Crippen LogP contribution in [0.3, 0.4) is 0 Å². The summed E-state index contributed by atoms with van der Waals surface area (Å²) in [6.45, 7) is 0.319. The second-order valence-electron chi connectivity index (χ2n) is 4.87. The molecule has 0 spiro atoms. The summed E-state index contributed by atoms with van der Waals surface area (Å²) < 4.78 is 15.1. The summed E-state index contributed by atoms with van der Waals surface area (Å²) in [4.78, 5) is 24.6. The first-order valence-corrected chi connectivity index (χ1v) is 8.37. The number of carbonyl (C=O) groups excluding carboxylic acids is 2. The number of esters is 2. The zero-order valence-corrected chi connectivity index (χ0v) is 14.5. The van der Waals surface area contributed by atoms with Gasteiger partial charge in [0.1, 0.15) is 12.4 Å². The molecule has 0 atom stereocenters. The Labute approximate surface area is 144 Å². The number of rotatable bonds is 6. The zero-order valence-electron chi connectivity index (χ0n) is 13.7. The fourth-order valence-electron chi connectivity index (χ4n) is 2.04. The zero-order chi connectivity index (χ0) is 17.5. The van der Waals surface area contributed by atoms with Crippen molar-refractivity contribution in [3.05, 3.63) is 59.2 Å². The van der Waals surface area contributed by atoms with Crippen LogP contribution in [0.2, 0.25) is 0 Å². The highest BCUT2D eigenvalue weighted by molar-refractivity contribution is 7.98. The van der Waals surface area contributed by atoms with E-state index in [0.29, 0.717) is 12.4 Å². The molecule has 0 heterocycles. The van der Waals surface area contributed by atoms with E-state index in [1.165, 1.54) is 37.3 Å². The third-order valence-electron chi connectivity index (χ3n) is 3.31. The van der Waals surface area contributed by atoms with Gasteiger partial charge < -0.3 is 14.2 Å². The maximum absolute atomic E-state index is 11.7. The molecule has 0 aliphatic rings. The van der Waals surface area contributed by atoms with Crippen molar-refractivity contribution in [2.45, 2.75) is 11.5 Å². The van der Waals surface area contributed by atoms with Crippen LogP contribution in [0.15, 0.2) is 47.4 Å². The van der Waals surface area contributed by atoms with Crippen LogP contribution in [0, 0.1) is 0 Å². The van der Waals surface area contributed by atoms with Crippen LogP contribution in [0.4, 0.5) is 0 Å². The van der Waals surface area contributed by atoms with Crippen LogP contribution in [0.25, 0.3) is 0 Å². The molecule has 0 saturated carbocycles. The van der Waals surface area contributed by atoms with Crippen molar-refractivity contribution in [2.24, 2.45) is 0 Å². The molecule has 0 aromatic heterocycles. The Hall–Kier alpha value is -2.47. The summed E-state index contributed by atoms with van der Waals surface area (Å²) in [6.07, 6.45) is 2.01. The number of benzene rings is 2. The van der Waals surface area contributed by atoms with Gasteiger partial charge in [-0.25, -0.2) is 9.59 Å². The van der Waals surface area contributed by atoms with Gasteiger partial charge in [-0.3, -0.25) is 0 Å². The number of carbonyl (C=O) groups is 2. The van der Waals surface area contributed by atoms with Gasteiger partial charge in [-0.15, -0.1) is 11.8 Å². The average molecular weight is 346 g/mol. The van der Waals surface area contributed by atoms with E-state index in [1.54, 1.807) is 11.8 Å². The monoisotopic (exact) mass is 346 g/mol. The number of ether oxygens (including phenoxy) is 3. The van der Waals surface area contributed by atoms with E-state index >= 15 is 0 Å². The average Bonchev–Trinajstić information content (AvgIpc) is 2.65. The fraction of sp³-hybridized carbons (Fsp3) is 0.222. The highest BCUT2D eigenvalue weighted by Gasteiger charge is 2.14. The van der Waals surface area contributed by atoms with E-state index in [9.17, 15) is 9.59 Å². The Morgan fingerprint density at radius 2 is 1.46 bits per heavy atom. The van der Waals surface area contributed by atoms with Gasteiger partial charge in [-0.1, -0.05) is 12.1 Å². The molecule has 2 aromatic carbocycles. The van der Waals surface area contributed by atoms with Gasteiger partial charge in [0.2, 0.25) is 0 Å². The molecule has 126 valence electrons. The SMILES string of the molecule is COC(=O)c1cc(OCc2ccc(SC)cc2)cc(C(=O)OC)c1. The summed E-state index contributed by atoms with van der Waals surface area (Å²) >= 11 is 1.66. The molecule has 0 amide bonds. The highest BCUT2D eigenvalue weighted by Crippen LogP contribution is 2.21. The topological polar surface area (TPSA) is 61.8 Å². The quantitative estimate of drug-likeness (QED) is 0.589. The minimum atomic E-state index is -0.546. The number of thioether (sulfide) groups is 1. The van der Waals surface area contributed by atoms with Crippen LogP contribution in [-0.4, -0.2) is 32.4 Å². The van der Waals surface area contributed by atoms with E-state index in [0.717, 1.165) is 5.56 Å². The number of methoxy groups -OCH3 is 2. The normalized spacial score (nSPS) is 10.1. The highest BCUT2D eigenvalue weighted by atomic mass is 32.2. The first-order valence-electron chi connectivity index (χ1n) is 7.15.